The van der Waals surface area contributed by atoms with Crippen molar-refractivity contribution in [3.05, 3.63) is 0 Å². The minimum atomic E-state index is 0.0166. The second kappa shape index (κ2) is 8.90. The summed E-state index contributed by atoms with van der Waals surface area (Å²) >= 11 is 0. The van der Waals surface area contributed by atoms with E-state index in [4.69, 9.17) is 5.26 Å². The van der Waals surface area contributed by atoms with Gasteiger partial charge in [0, 0.05) is 19.1 Å². The van der Waals surface area contributed by atoms with Crippen molar-refractivity contribution in [1.29, 1.82) is 5.26 Å². The van der Waals surface area contributed by atoms with Crippen LogP contribution in [0.15, 0.2) is 0 Å². The van der Waals surface area contributed by atoms with Gasteiger partial charge in [-0.25, -0.2) is 0 Å². The second-order valence-electron chi connectivity index (χ2n) is 4.73. The third-order valence-electron chi connectivity index (χ3n) is 3.26. The van der Waals surface area contributed by atoms with E-state index in [2.05, 4.69) is 22.5 Å². The highest BCUT2D eigenvalue weighted by Gasteiger charge is 2.17. The summed E-state index contributed by atoms with van der Waals surface area (Å²) < 4.78 is 0. The van der Waals surface area contributed by atoms with E-state index in [-0.39, 0.29) is 5.91 Å². The zero-order chi connectivity index (χ0) is 13.2. The van der Waals surface area contributed by atoms with E-state index in [1.165, 1.54) is 19.3 Å². The summed E-state index contributed by atoms with van der Waals surface area (Å²) in [6.45, 7) is 5.86. The summed E-state index contributed by atoms with van der Waals surface area (Å²) in [6, 6.07) is 2.54. The molecular weight excluding hydrogens is 228 g/mol. The number of nitriles is 1. The fourth-order valence-electron chi connectivity index (χ4n) is 2.21. The van der Waals surface area contributed by atoms with Crippen molar-refractivity contribution >= 4 is 5.91 Å². The zero-order valence-corrected chi connectivity index (χ0v) is 11.2. The van der Waals surface area contributed by atoms with Gasteiger partial charge in [-0.15, -0.1) is 0 Å². The first-order valence-electron chi connectivity index (χ1n) is 6.85. The second-order valence-corrected chi connectivity index (χ2v) is 4.73. The standard InChI is InChI=1S/C13H24N4O/c1-2-17(10-12-6-3-4-8-15-12)11-13(18)16-9-5-7-14/h12,15H,2-6,8-11H2,1H3,(H,16,18). The highest BCUT2D eigenvalue weighted by molar-refractivity contribution is 5.77. The maximum absolute atomic E-state index is 11.6. The van der Waals surface area contributed by atoms with Crippen molar-refractivity contribution in [3.63, 3.8) is 0 Å². The predicted molar refractivity (Wildman–Crippen MR) is 71.0 cm³/mol. The Hall–Kier alpha value is -1.12. The van der Waals surface area contributed by atoms with Crippen LogP contribution in [-0.4, -0.2) is 49.6 Å². The Balaban J connectivity index is 2.23. The topological polar surface area (TPSA) is 68.2 Å². The van der Waals surface area contributed by atoms with Crippen LogP contribution in [0.5, 0.6) is 0 Å². The highest BCUT2D eigenvalue weighted by Crippen LogP contribution is 2.08. The Kier molecular flexibility index (Phi) is 7.38. The van der Waals surface area contributed by atoms with Gasteiger partial charge in [0.15, 0.2) is 0 Å². The monoisotopic (exact) mass is 252 g/mol. The van der Waals surface area contributed by atoms with Gasteiger partial charge in [-0.1, -0.05) is 13.3 Å². The van der Waals surface area contributed by atoms with E-state index in [1.54, 1.807) is 0 Å². The maximum Gasteiger partial charge on any atom is 0.234 e. The molecule has 1 heterocycles. The molecule has 0 saturated carbocycles. The van der Waals surface area contributed by atoms with Crippen LogP contribution in [0.3, 0.4) is 0 Å². The quantitative estimate of drug-likeness (QED) is 0.647. The molecule has 1 atom stereocenters. The van der Waals surface area contributed by atoms with E-state index in [0.717, 1.165) is 19.6 Å². The van der Waals surface area contributed by atoms with Gasteiger partial charge in [0.05, 0.1) is 19.0 Å². The Morgan fingerprint density at radius 1 is 1.56 bits per heavy atom. The minimum Gasteiger partial charge on any atom is -0.354 e. The van der Waals surface area contributed by atoms with E-state index < -0.39 is 0 Å². The van der Waals surface area contributed by atoms with Crippen molar-refractivity contribution in [2.45, 2.75) is 38.6 Å². The van der Waals surface area contributed by atoms with Gasteiger partial charge < -0.3 is 10.6 Å². The molecule has 2 N–H and O–H groups in total. The van der Waals surface area contributed by atoms with E-state index in [0.29, 0.717) is 25.6 Å². The van der Waals surface area contributed by atoms with Crippen LogP contribution in [0.2, 0.25) is 0 Å². The number of piperidine rings is 1. The summed E-state index contributed by atoms with van der Waals surface area (Å²) in [6.07, 6.45) is 4.12. The number of likely N-dealkylation sites (N-methyl/N-ethyl adjacent to an activating group) is 1. The number of hydrogen-bond donors (Lipinski definition) is 2. The lowest BCUT2D eigenvalue weighted by Crippen LogP contribution is -2.46. The number of rotatable bonds is 7. The molecule has 1 amide bonds. The largest absolute Gasteiger partial charge is 0.354 e. The van der Waals surface area contributed by atoms with Crippen molar-refractivity contribution < 1.29 is 4.79 Å². The molecule has 1 fully saturated rings. The molecule has 0 bridgehead atoms. The Bertz CT molecular complexity index is 281. The fourth-order valence-corrected chi connectivity index (χ4v) is 2.21. The predicted octanol–water partition coefficient (Wildman–Crippen LogP) is 0.480. The summed E-state index contributed by atoms with van der Waals surface area (Å²) in [5, 5.41) is 14.7. The normalized spacial score (nSPS) is 19.5. The molecule has 5 nitrogen and oxygen atoms in total. The van der Waals surface area contributed by atoms with E-state index in [9.17, 15) is 4.79 Å². The fraction of sp³-hybridized carbons (Fsp3) is 0.846. The number of nitrogens with one attached hydrogen (secondary N) is 2. The van der Waals surface area contributed by atoms with Crippen LogP contribution < -0.4 is 10.6 Å². The molecule has 0 radical (unpaired) electrons. The molecule has 0 spiro atoms. The SMILES string of the molecule is CCN(CC(=O)NCCC#N)CC1CCCCN1. The van der Waals surface area contributed by atoms with Gasteiger partial charge in [0.25, 0.3) is 0 Å². The lowest BCUT2D eigenvalue weighted by molar-refractivity contribution is -0.122. The van der Waals surface area contributed by atoms with Crippen LogP contribution in [0.1, 0.15) is 32.6 Å². The smallest absolute Gasteiger partial charge is 0.234 e. The van der Waals surface area contributed by atoms with Crippen LogP contribution in [0.4, 0.5) is 0 Å². The van der Waals surface area contributed by atoms with Gasteiger partial charge in [0.2, 0.25) is 5.91 Å². The molecular formula is C13H24N4O. The van der Waals surface area contributed by atoms with Crippen LogP contribution in [0, 0.1) is 11.3 Å². The van der Waals surface area contributed by atoms with Crippen molar-refractivity contribution in [2.24, 2.45) is 0 Å². The summed E-state index contributed by atoms with van der Waals surface area (Å²) in [7, 11) is 0. The third kappa shape index (κ3) is 5.99. The van der Waals surface area contributed by atoms with Gasteiger partial charge >= 0.3 is 0 Å². The van der Waals surface area contributed by atoms with E-state index in [1.807, 2.05) is 6.07 Å². The first-order chi connectivity index (χ1) is 8.76. The van der Waals surface area contributed by atoms with E-state index >= 15 is 0 Å². The summed E-state index contributed by atoms with van der Waals surface area (Å²) in [4.78, 5) is 13.8. The first kappa shape index (κ1) is 14.9. The summed E-state index contributed by atoms with van der Waals surface area (Å²) in [5.74, 6) is 0.0166. The van der Waals surface area contributed by atoms with Crippen LogP contribution in [0.25, 0.3) is 0 Å². The third-order valence-corrected chi connectivity index (χ3v) is 3.26. The first-order valence-corrected chi connectivity index (χ1v) is 6.85. The molecule has 1 unspecified atom stereocenters. The molecule has 1 aliphatic heterocycles. The Morgan fingerprint density at radius 3 is 3.00 bits per heavy atom. The molecule has 0 aromatic carbocycles. The van der Waals surface area contributed by atoms with Crippen molar-refractivity contribution in [1.82, 2.24) is 15.5 Å². The molecule has 1 aliphatic rings. The molecule has 18 heavy (non-hydrogen) atoms. The highest BCUT2D eigenvalue weighted by atomic mass is 16.2. The zero-order valence-electron chi connectivity index (χ0n) is 11.2. The number of amides is 1. The maximum atomic E-state index is 11.6. The van der Waals surface area contributed by atoms with Gasteiger partial charge in [0.1, 0.15) is 0 Å². The molecule has 0 aromatic heterocycles. The van der Waals surface area contributed by atoms with Gasteiger partial charge in [-0.2, -0.15) is 5.26 Å². The molecule has 102 valence electrons. The van der Waals surface area contributed by atoms with Crippen molar-refractivity contribution in [2.75, 3.05) is 32.7 Å². The average Bonchev–Trinajstić information content (AvgIpc) is 2.39. The van der Waals surface area contributed by atoms with Crippen LogP contribution >= 0.6 is 0 Å². The molecule has 1 rings (SSSR count). The van der Waals surface area contributed by atoms with Crippen LogP contribution in [-0.2, 0) is 4.79 Å². The van der Waals surface area contributed by atoms with Crippen molar-refractivity contribution in [3.8, 4) is 6.07 Å². The van der Waals surface area contributed by atoms with Gasteiger partial charge in [-0.3, -0.25) is 9.69 Å². The number of nitrogens with zero attached hydrogens (tertiary/aromatic N) is 2. The average molecular weight is 252 g/mol. The molecule has 5 heteroatoms. The summed E-state index contributed by atoms with van der Waals surface area (Å²) in [5.41, 5.74) is 0. The number of hydrogen-bond acceptors (Lipinski definition) is 4. The minimum absolute atomic E-state index is 0.0166. The number of carbonyl (C=O) groups excluding carboxylic acids is 1. The molecule has 0 aromatic rings. The Labute approximate surface area is 110 Å². The molecule has 0 aliphatic carbocycles. The Morgan fingerprint density at radius 2 is 2.39 bits per heavy atom. The lowest BCUT2D eigenvalue weighted by Gasteiger charge is -2.29. The lowest BCUT2D eigenvalue weighted by atomic mass is 10.0. The number of carbonyl (C=O) groups is 1. The molecule has 1 saturated heterocycles. The van der Waals surface area contributed by atoms with Gasteiger partial charge in [-0.05, 0) is 25.9 Å².